The zero-order chi connectivity index (χ0) is 19.9. The monoisotopic (exact) mass is 402 g/mol. The van der Waals surface area contributed by atoms with Gasteiger partial charge in [-0.3, -0.25) is 4.79 Å². The Labute approximate surface area is 170 Å². The zero-order valence-electron chi connectivity index (χ0n) is 15.6. The quantitative estimate of drug-likeness (QED) is 0.184. The molecule has 7 heteroatoms. The van der Waals surface area contributed by atoms with Crippen LogP contribution in [-0.2, 0) is 17.0 Å². The first-order chi connectivity index (χ1) is 13.2. The largest absolute Gasteiger partial charge is 0.372 e. The van der Waals surface area contributed by atoms with Gasteiger partial charge in [0.25, 0.3) is 0 Å². The molecule has 0 bridgehead atoms. The Morgan fingerprint density at radius 3 is 2.41 bits per heavy atom. The molecule has 144 valence electrons. The lowest BCUT2D eigenvalue weighted by molar-refractivity contribution is -0.106. The second kappa shape index (κ2) is 13.8. The average Bonchev–Trinajstić information content (AvgIpc) is 2.71. The minimum Gasteiger partial charge on any atom is -0.372 e. The third kappa shape index (κ3) is 8.70. The molecule has 2 aromatic carbocycles. The fourth-order valence-electron chi connectivity index (χ4n) is 2.24. The number of thioether (sulfide) groups is 1. The first-order valence-electron chi connectivity index (χ1n) is 8.28. The number of primary amides is 1. The van der Waals surface area contributed by atoms with Gasteiger partial charge < -0.3 is 15.9 Å². The van der Waals surface area contributed by atoms with Gasteiger partial charge in [0.15, 0.2) is 0 Å². The van der Waals surface area contributed by atoms with Crippen LogP contribution in [0.25, 0.3) is 0 Å². The van der Waals surface area contributed by atoms with Gasteiger partial charge in [-0.2, -0.15) is 5.10 Å². The predicted octanol–water partition coefficient (Wildman–Crippen LogP) is 3.81. The number of carbonyl (C=O) groups excluding carboxylic acids is 1. The fraction of sp³-hybridized carbons (Fsp3) is 0.200. The van der Waals surface area contributed by atoms with Crippen molar-refractivity contribution in [2.45, 2.75) is 12.2 Å². The van der Waals surface area contributed by atoms with E-state index < -0.39 is 0 Å². The number of hydrogen-bond donors (Lipinski definition) is 2. The van der Waals surface area contributed by atoms with Crippen LogP contribution in [0.2, 0.25) is 0 Å². The van der Waals surface area contributed by atoms with Crippen LogP contribution in [0.3, 0.4) is 0 Å². The number of hydrogen-bond acceptors (Lipinski definition) is 6. The van der Waals surface area contributed by atoms with E-state index in [4.69, 9.17) is 10.6 Å². The molecule has 27 heavy (non-hydrogen) atoms. The van der Waals surface area contributed by atoms with Gasteiger partial charge in [-0.1, -0.05) is 78.3 Å². The summed E-state index contributed by atoms with van der Waals surface area (Å²) < 4.78 is 2.17. The molecule has 0 aliphatic rings. The Morgan fingerprint density at radius 1 is 1.15 bits per heavy atom. The maximum absolute atomic E-state index is 8.58. The van der Waals surface area contributed by atoms with Crippen LogP contribution < -0.4 is 15.9 Å². The van der Waals surface area contributed by atoms with E-state index in [1.54, 1.807) is 23.7 Å². The summed E-state index contributed by atoms with van der Waals surface area (Å²) in [5.74, 6) is 6.39. The van der Waals surface area contributed by atoms with E-state index in [-0.39, 0.29) is 6.41 Å². The summed E-state index contributed by atoms with van der Waals surface area (Å²) in [5, 5.41) is 4.73. The number of allylic oxidation sites excluding steroid dienone is 1. The van der Waals surface area contributed by atoms with E-state index in [9.17, 15) is 0 Å². The molecule has 0 atom stereocenters. The number of nitrogens with zero attached hydrogens (tertiary/aromatic N) is 2. The van der Waals surface area contributed by atoms with E-state index in [1.165, 1.54) is 16.8 Å². The molecular formula is C20H26N4OS2. The molecule has 4 N–H and O–H groups in total. The van der Waals surface area contributed by atoms with Gasteiger partial charge in [0, 0.05) is 19.1 Å². The van der Waals surface area contributed by atoms with Gasteiger partial charge in [-0.05, 0) is 29.7 Å². The Bertz CT molecular complexity index is 736. The summed E-state index contributed by atoms with van der Waals surface area (Å²) in [6.45, 7) is 0. The number of amides is 1. The van der Waals surface area contributed by atoms with E-state index >= 15 is 0 Å². The Balaban J connectivity index is 0.00000114. The molecule has 0 spiro atoms. The first kappa shape index (κ1) is 22.7. The third-order valence-electron chi connectivity index (χ3n) is 3.56. The number of nitrogens with two attached hydrogens (primary N) is 2. The van der Waals surface area contributed by atoms with Crippen molar-refractivity contribution in [1.82, 2.24) is 0 Å². The molecular weight excluding hydrogens is 376 g/mol. The van der Waals surface area contributed by atoms with Crippen molar-refractivity contribution in [3.8, 4) is 0 Å². The van der Waals surface area contributed by atoms with Crippen LogP contribution in [0.1, 0.15) is 11.1 Å². The topological polar surface area (TPSA) is 84.7 Å². The van der Waals surface area contributed by atoms with Crippen LogP contribution >= 0.6 is 23.7 Å². The second-order valence-corrected chi connectivity index (χ2v) is 7.20. The summed E-state index contributed by atoms with van der Waals surface area (Å²) in [4.78, 5) is 8.58. The van der Waals surface area contributed by atoms with Gasteiger partial charge >= 0.3 is 0 Å². The first-order valence-corrected chi connectivity index (χ1v) is 10.4. The van der Waals surface area contributed by atoms with E-state index in [0.29, 0.717) is 0 Å². The van der Waals surface area contributed by atoms with Crippen LogP contribution in [0.15, 0.2) is 71.9 Å². The molecule has 2 rings (SSSR count). The molecule has 0 saturated carbocycles. The highest BCUT2D eigenvalue weighted by atomic mass is 32.2. The van der Waals surface area contributed by atoms with Crippen molar-refractivity contribution in [3.05, 3.63) is 77.9 Å². The van der Waals surface area contributed by atoms with Gasteiger partial charge in [0.2, 0.25) is 6.41 Å². The maximum Gasteiger partial charge on any atom is 0.204 e. The summed E-state index contributed by atoms with van der Waals surface area (Å²) >= 11 is 3.35. The molecule has 0 aliphatic heterocycles. The molecule has 0 unspecified atom stereocenters. The summed E-state index contributed by atoms with van der Waals surface area (Å²) in [6.07, 6.45) is 7.30. The second-order valence-electron chi connectivity index (χ2n) is 5.29. The van der Waals surface area contributed by atoms with Crippen LogP contribution in [0, 0.1) is 0 Å². The van der Waals surface area contributed by atoms with Crippen molar-refractivity contribution in [2.75, 3.05) is 17.6 Å². The molecule has 5 nitrogen and oxygen atoms in total. The summed E-state index contributed by atoms with van der Waals surface area (Å²) in [6, 6.07) is 18.8. The highest BCUT2D eigenvalue weighted by Crippen LogP contribution is 2.24. The van der Waals surface area contributed by atoms with Gasteiger partial charge in [-0.15, -0.1) is 0 Å². The third-order valence-corrected chi connectivity index (χ3v) is 5.32. The number of para-hydroxylation sites is 1. The molecule has 1 amide bonds. The highest BCUT2D eigenvalue weighted by molar-refractivity contribution is 8.13. The number of rotatable bonds is 7. The van der Waals surface area contributed by atoms with Gasteiger partial charge in [0.05, 0.1) is 5.69 Å². The van der Waals surface area contributed by atoms with Crippen molar-refractivity contribution < 1.29 is 4.79 Å². The molecule has 0 radical (unpaired) electrons. The summed E-state index contributed by atoms with van der Waals surface area (Å²) in [5.41, 5.74) is 7.96. The van der Waals surface area contributed by atoms with Gasteiger partial charge in [0.1, 0.15) is 5.04 Å². The molecule has 0 saturated heterocycles. The van der Waals surface area contributed by atoms with Crippen LogP contribution in [0.4, 0.5) is 5.69 Å². The smallest absolute Gasteiger partial charge is 0.204 e. The minimum atomic E-state index is 0.250. The number of anilines is 1. The predicted molar refractivity (Wildman–Crippen MR) is 121 cm³/mol. The number of hydrazone groups is 1. The Hall–Kier alpha value is -2.38. The fourth-order valence-corrected chi connectivity index (χ4v) is 3.38. The molecule has 0 heterocycles. The van der Waals surface area contributed by atoms with Crippen molar-refractivity contribution in [2.24, 2.45) is 16.7 Å². The lowest BCUT2D eigenvalue weighted by atomic mass is 10.1. The van der Waals surface area contributed by atoms with E-state index in [1.807, 2.05) is 24.3 Å². The molecule has 0 aromatic heterocycles. The number of carbonyl (C=O) groups is 1. The molecule has 2 aromatic rings. The molecule has 0 aliphatic carbocycles. The lowest BCUT2D eigenvalue weighted by Gasteiger charge is -2.18. The standard InChI is InChI=1S/C19H23N3S2.CH3NO/c1-22(23-2)18-13-7-6-11-17(18)12-8-14-19(21-20)24-15-16-9-4-3-5-10-16;2-1-3/h3-11,13-14H,12,15,20H2,1-2H3;1H,(H2,2,3)/b14-8-,21-19+;. The highest BCUT2D eigenvalue weighted by Gasteiger charge is 2.04. The Kier molecular flexibility index (Phi) is 11.6. The van der Waals surface area contributed by atoms with E-state index in [2.05, 4.69) is 70.9 Å². The van der Waals surface area contributed by atoms with E-state index in [0.717, 1.165) is 17.2 Å². The number of benzene rings is 2. The lowest BCUT2D eigenvalue weighted by Crippen LogP contribution is -2.07. The van der Waals surface area contributed by atoms with Crippen LogP contribution in [0.5, 0.6) is 0 Å². The zero-order valence-corrected chi connectivity index (χ0v) is 17.2. The average molecular weight is 403 g/mol. The molecule has 0 fully saturated rings. The summed E-state index contributed by atoms with van der Waals surface area (Å²) in [7, 11) is 2.08. The SMILES string of the molecule is CSN(C)c1ccccc1C/C=C\C(=N/N)SCc1ccccc1.NC=O. The minimum absolute atomic E-state index is 0.250. The maximum atomic E-state index is 8.58. The van der Waals surface area contributed by atoms with Gasteiger partial charge in [-0.25, -0.2) is 0 Å². The van der Waals surface area contributed by atoms with Crippen molar-refractivity contribution >= 4 is 40.9 Å². The van der Waals surface area contributed by atoms with Crippen molar-refractivity contribution in [3.63, 3.8) is 0 Å². The van der Waals surface area contributed by atoms with Crippen molar-refractivity contribution in [1.29, 1.82) is 0 Å². The van der Waals surface area contributed by atoms with Crippen LogP contribution in [-0.4, -0.2) is 24.8 Å². The Morgan fingerprint density at radius 2 is 1.78 bits per heavy atom. The normalized spacial score (nSPS) is 11.0.